The van der Waals surface area contributed by atoms with Gasteiger partial charge in [-0.25, -0.2) is 0 Å². The van der Waals surface area contributed by atoms with Crippen molar-refractivity contribution in [3.05, 3.63) is 23.8 Å². The molecule has 0 aliphatic carbocycles. The van der Waals surface area contributed by atoms with Gasteiger partial charge in [0, 0.05) is 0 Å². The highest BCUT2D eigenvalue weighted by atomic mass is 16.4. The quantitative estimate of drug-likeness (QED) is 0.277. The van der Waals surface area contributed by atoms with E-state index in [0.717, 1.165) is 6.42 Å². The van der Waals surface area contributed by atoms with Gasteiger partial charge in [0.05, 0.1) is 6.21 Å². The molecule has 0 fully saturated rings. The van der Waals surface area contributed by atoms with Gasteiger partial charge < -0.3 is 5.21 Å². The molecule has 0 aromatic carbocycles. The molecule has 0 unspecified atom stereocenters. The zero-order valence-electron chi connectivity index (χ0n) is 6.41. The van der Waals surface area contributed by atoms with Crippen LogP contribution in [0.3, 0.4) is 0 Å². The van der Waals surface area contributed by atoms with Crippen molar-refractivity contribution in [2.24, 2.45) is 5.16 Å². The van der Waals surface area contributed by atoms with Crippen molar-refractivity contribution in [2.45, 2.75) is 20.3 Å². The van der Waals surface area contributed by atoms with Gasteiger partial charge in [0.1, 0.15) is 0 Å². The summed E-state index contributed by atoms with van der Waals surface area (Å²) in [7, 11) is 0. The molecule has 0 aliphatic rings. The third-order valence-corrected chi connectivity index (χ3v) is 1.20. The first-order valence-electron chi connectivity index (χ1n) is 3.31. The van der Waals surface area contributed by atoms with E-state index in [4.69, 9.17) is 5.21 Å². The molecular formula is C8H13NO. The Balaban J connectivity index is 3.70. The van der Waals surface area contributed by atoms with Gasteiger partial charge in [-0.3, -0.25) is 0 Å². The van der Waals surface area contributed by atoms with Crippen LogP contribution in [0.5, 0.6) is 0 Å². The molecule has 0 bridgehead atoms. The number of rotatable bonds is 3. The largest absolute Gasteiger partial charge is 0.411 e. The molecule has 0 aromatic heterocycles. The van der Waals surface area contributed by atoms with Crippen molar-refractivity contribution >= 4 is 6.21 Å². The maximum atomic E-state index is 7.99. The Morgan fingerprint density at radius 1 is 1.50 bits per heavy atom. The minimum Gasteiger partial charge on any atom is -0.411 e. The molecule has 56 valence electrons. The second-order valence-corrected chi connectivity index (χ2v) is 2.02. The van der Waals surface area contributed by atoms with Crippen molar-refractivity contribution in [2.75, 3.05) is 0 Å². The lowest BCUT2D eigenvalue weighted by molar-refractivity contribution is 0.322. The molecule has 2 nitrogen and oxygen atoms in total. The van der Waals surface area contributed by atoms with Crippen LogP contribution in [-0.2, 0) is 0 Å². The Kier molecular flexibility index (Phi) is 5.44. The van der Waals surface area contributed by atoms with Crippen LogP contribution < -0.4 is 0 Å². The van der Waals surface area contributed by atoms with Crippen molar-refractivity contribution in [1.29, 1.82) is 0 Å². The molecule has 0 amide bonds. The average Bonchev–Trinajstić information content (AvgIpc) is 1.98. The molecule has 0 spiro atoms. The molecule has 0 rings (SSSR count). The molecule has 0 atom stereocenters. The molecule has 0 radical (unpaired) electrons. The van der Waals surface area contributed by atoms with E-state index in [0.29, 0.717) is 0 Å². The molecule has 1 N–H and O–H groups in total. The highest BCUT2D eigenvalue weighted by Crippen LogP contribution is 1.96. The fraction of sp³-hybridized carbons (Fsp3) is 0.375. The summed E-state index contributed by atoms with van der Waals surface area (Å²) in [6.45, 7) is 4.15. The lowest BCUT2D eigenvalue weighted by Gasteiger charge is -1.87. The number of allylic oxidation sites excluding steroid dienone is 4. The molecule has 0 heterocycles. The van der Waals surface area contributed by atoms with Crippen LogP contribution >= 0.6 is 0 Å². The zero-order valence-corrected chi connectivity index (χ0v) is 6.41. The summed E-state index contributed by atoms with van der Waals surface area (Å²) in [6, 6.07) is 0. The van der Waals surface area contributed by atoms with E-state index in [-0.39, 0.29) is 0 Å². The average molecular weight is 139 g/mol. The molecule has 2 heteroatoms. The molecular weight excluding hydrogens is 126 g/mol. The highest BCUT2D eigenvalue weighted by molar-refractivity contribution is 5.70. The maximum Gasteiger partial charge on any atom is 0.0661 e. The van der Waals surface area contributed by atoms with E-state index in [1.165, 1.54) is 11.8 Å². The SMILES string of the molecule is CC/C(C)=C/C=C\C=N\O. The third-order valence-electron chi connectivity index (χ3n) is 1.20. The number of oxime groups is 1. The minimum absolute atomic E-state index is 1.06. The predicted octanol–water partition coefficient (Wildman–Crippen LogP) is 2.36. The summed E-state index contributed by atoms with van der Waals surface area (Å²) >= 11 is 0. The van der Waals surface area contributed by atoms with Crippen LogP contribution in [0, 0.1) is 0 Å². The fourth-order valence-corrected chi connectivity index (χ4v) is 0.426. The van der Waals surface area contributed by atoms with E-state index < -0.39 is 0 Å². The van der Waals surface area contributed by atoms with E-state index in [1.807, 2.05) is 12.2 Å². The van der Waals surface area contributed by atoms with E-state index in [1.54, 1.807) is 6.08 Å². The van der Waals surface area contributed by atoms with Crippen LogP contribution in [0.25, 0.3) is 0 Å². The van der Waals surface area contributed by atoms with Gasteiger partial charge in [-0.2, -0.15) is 0 Å². The van der Waals surface area contributed by atoms with Crippen molar-refractivity contribution in [1.82, 2.24) is 0 Å². The zero-order chi connectivity index (χ0) is 7.82. The first kappa shape index (κ1) is 8.95. The van der Waals surface area contributed by atoms with Crippen LogP contribution in [-0.4, -0.2) is 11.4 Å². The molecule has 10 heavy (non-hydrogen) atoms. The predicted molar refractivity (Wildman–Crippen MR) is 43.5 cm³/mol. The Morgan fingerprint density at radius 2 is 2.20 bits per heavy atom. The van der Waals surface area contributed by atoms with Gasteiger partial charge in [-0.05, 0) is 19.4 Å². The van der Waals surface area contributed by atoms with Crippen LogP contribution in [0.2, 0.25) is 0 Å². The Hall–Kier alpha value is -1.05. The van der Waals surface area contributed by atoms with Crippen LogP contribution in [0.4, 0.5) is 0 Å². The number of hydrogen-bond donors (Lipinski definition) is 1. The molecule has 0 saturated carbocycles. The first-order valence-corrected chi connectivity index (χ1v) is 3.31. The van der Waals surface area contributed by atoms with Crippen molar-refractivity contribution < 1.29 is 5.21 Å². The fourth-order valence-electron chi connectivity index (χ4n) is 0.426. The van der Waals surface area contributed by atoms with Gasteiger partial charge in [0.25, 0.3) is 0 Å². The normalized spacial score (nSPS) is 13.6. The van der Waals surface area contributed by atoms with E-state index >= 15 is 0 Å². The van der Waals surface area contributed by atoms with Crippen LogP contribution in [0.1, 0.15) is 20.3 Å². The second kappa shape index (κ2) is 6.08. The minimum atomic E-state index is 1.06. The standard InChI is InChI=1S/C8H13NO/c1-3-8(2)6-4-5-7-9-10/h4-7,10H,3H2,1-2H3/b5-4-,8-6+,9-7+. The summed E-state index contributed by atoms with van der Waals surface area (Å²) in [6.07, 6.45) is 7.90. The number of nitrogens with zero attached hydrogens (tertiary/aromatic N) is 1. The topological polar surface area (TPSA) is 32.6 Å². The summed E-state index contributed by atoms with van der Waals surface area (Å²) in [5.74, 6) is 0. The summed E-state index contributed by atoms with van der Waals surface area (Å²) in [5, 5.41) is 10.8. The third kappa shape index (κ3) is 5.09. The van der Waals surface area contributed by atoms with Gasteiger partial charge in [0.15, 0.2) is 0 Å². The van der Waals surface area contributed by atoms with Crippen LogP contribution in [0.15, 0.2) is 29.0 Å². The van der Waals surface area contributed by atoms with Gasteiger partial charge in [0.2, 0.25) is 0 Å². The lowest BCUT2D eigenvalue weighted by atomic mass is 10.2. The number of hydrogen-bond acceptors (Lipinski definition) is 2. The first-order chi connectivity index (χ1) is 4.81. The van der Waals surface area contributed by atoms with Crippen molar-refractivity contribution in [3.63, 3.8) is 0 Å². The summed E-state index contributed by atoms with van der Waals surface area (Å²) < 4.78 is 0. The Bertz CT molecular complexity index is 157. The Morgan fingerprint density at radius 3 is 2.70 bits per heavy atom. The summed E-state index contributed by atoms with van der Waals surface area (Å²) in [5.41, 5.74) is 1.31. The van der Waals surface area contributed by atoms with Gasteiger partial charge in [-0.15, -0.1) is 0 Å². The molecule has 0 aliphatic heterocycles. The second-order valence-electron chi connectivity index (χ2n) is 2.02. The molecule has 0 saturated heterocycles. The monoisotopic (exact) mass is 139 g/mol. The molecule has 0 aromatic rings. The smallest absolute Gasteiger partial charge is 0.0661 e. The van der Waals surface area contributed by atoms with Gasteiger partial charge >= 0.3 is 0 Å². The van der Waals surface area contributed by atoms with E-state index in [2.05, 4.69) is 19.0 Å². The van der Waals surface area contributed by atoms with Crippen molar-refractivity contribution in [3.8, 4) is 0 Å². The van der Waals surface area contributed by atoms with E-state index in [9.17, 15) is 0 Å². The lowest BCUT2D eigenvalue weighted by Crippen LogP contribution is -1.68. The van der Waals surface area contributed by atoms with Gasteiger partial charge in [-0.1, -0.05) is 29.8 Å². The highest BCUT2D eigenvalue weighted by Gasteiger charge is 1.76. The maximum absolute atomic E-state index is 7.99. The summed E-state index contributed by atoms with van der Waals surface area (Å²) in [4.78, 5) is 0. The Labute approximate surface area is 61.6 Å².